The number of nitrogens with one attached hydrogen (secondary N) is 1. The number of pyridine rings is 1. The number of halogens is 1. The van der Waals surface area contributed by atoms with Gasteiger partial charge in [-0.25, -0.2) is 15.0 Å². The predicted octanol–water partition coefficient (Wildman–Crippen LogP) is 2.46. The SMILES string of the molecule is CCC[P@@](C)c1nc(N)c(NC)c(N(C=O)Cc2ccc(Cl)nc2)n1. The molecular weight excluding hydrogens is 359 g/mol. The van der Waals surface area contributed by atoms with Gasteiger partial charge in [-0.15, -0.1) is 0 Å². The van der Waals surface area contributed by atoms with Crippen molar-refractivity contribution in [3.05, 3.63) is 29.0 Å². The zero-order valence-electron chi connectivity index (χ0n) is 14.5. The quantitative estimate of drug-likeness (QED) is 0.415. The molecule has 2 rings (SSSR count). The second-order valence-electron chi connectivity index (χ2n) is 5.50. The van der Waals surface area contributed by atoms with E-state index in [1.807, 2.05) is 6.07 Å². The first-order valence-corrected chi connectivity index (χ1v) is 10.2. The predicted molar refractivity (Wildman–Crippen MR) is 105 cm³/mol. The molecular formula is C16H22ClN6OP. The highest BCUT2D eigenvalue weighted by Crippen LogP contribution is 2.33. The number of nitrogens with zero attached hydrogens (tertiary/aromatic N) is 4. The van der Waals surface area contributed by atoms with Crippen LogP contribution >= 0.6 is 19.5 Å². The topological polar surface area (TPSA) is 97.0 Å². The van der Waals surface area contributed by atoms with E-state index >= 15 is 0 Å². The molecule has 0 aliphatic rings. The Bertz CT molecular complexity index is 727. The highest BCUT2D eigenvalue weighted by molar-refractivity contribution is 7.64. The molecule has 3 N–H and O–H groups in total. The van der Waals surface area contributed by atoms with Crippen LogP contribution < -0.4 is 21.5 Å². The van der Waals surface area contributed by atoms with E-state index in [0.717, 1.165) is 24.6 Å². The van der Waals surface area contributed by atoms with E-state index in [4.69, 9.17) is 17.3 Å². The summed E-state index contributed by atoms with van der Waals surface area (Å²) in [5, 5.41) is 3.40. The normalized spacial score (nSPS) is 11.8. The Labute approximate surface area is 153 Å². The van der Waals surface area contributed by atoms with E-state index in [9.17, 15) is 4.79 Å². The number of amides is 1. The van der Waals surface area contributed by atoms with Gasteiger partial charge in [0.05, 0.1) is 6.54 Å². The number of rotatable bonds is 8. The third-order valence-corrected chi connectivity index (χ3v) is 5.82. The minimum Gasteiger partial charge on any atom is -0.382 e. The van der Waals surface area contributed by atoms with Gasteiger partial charge in [0.15, 0.2) is 17.2 Å². The molecule has 0 saturated carbocycles. The Hall–Kier alpha value is -1.98. The lowest BCUT2D eigenvalue weighted by Gasteiger charge is -2.22. The molecule has 0 radical (unpaired) electrons. The van der Waals surface area contributed by atoms with Gasteiger partial charge >= 0.3 is 0 Å². The summed E-state index contributed by atoms with van der Waals surface area (Å²) in [5.41, 5.74) is 8.17. The molecule has 0 unspecified atom stereocenters. The van der Waals surface area contributed by atoms with Gasteiger partial charge in [0, 0.05) is 13.2 Å². The molecule has 9 heteroatoms. The van der Waals surface area contributed by atoms with Gasteiger partial charge < -0.3 is 11.1 Å². The van der Waals surface area contributed by atoms with Crippen molar-refractivity contribution in [3.63, 3.8) is 0 Å². The molecule has 7 nitrogen and oxygen atoms in total. The van der Waals surface area contributed by atoms with Crippen LogP contribution in [0.25, 0.3) is 0 Å². The van der Waals surface area contributed by atoms with Crippen LogP contribution in [0.2, 0.25) is 5.15 Å². The maximum absolute atomic E-state index is 11.7. The third-order valence-electron chi connectivity index (χ3n) is 3.60. The summed E-state index contributed by atoms with van der Waals surface area (Å²) in [6.45, 7) is 4.55. The molecule has 2 aromatic heterocycles. The summed E-state index contributed by atoms with van der Waals surface area (Å²) in [6.07, 6.45) is 4.42. The molecule has 0 bridgehead atoms. The Kier molecular flexibility index (Phi) is 6.91. The van der Waals surface area contributed by atoms with Gasteiger partial charge in [-0.2, -0.15) is 0 Å². The molecule has 0 spiro atoms. The number of anilines is 3. The van der Waals surface area contributed by atoms with Crippen molar-refractivity contribution in [2.75, 3.05) is 35.8 Å². The Morgan fingerprint density at radius 2 is 2.16 bits per heavy atom. The zero-order valence-corrected chi connectivity index (χ0v) is 16.2. The summed E-state index contributed by atoms with van der Waals surface area (Å²) in [7, 11) is 1.21. The molecule has 2 aromatic rings. The zero-order chi connectivity index (χ0) is 18.4. The molecule has 134 valence electrons. The number of hydrogen-bond donors (Lipinski definition) is 2. The fraction of sp³-hybridized carbons (Fsp3) is 0.375. The van der Waals surface area contributed by atoms with E-state index in [-0.39, 0.29) is 0 Å². The molecule has 0 fully saturated rings. The second-order valence-corrected chi connectivity index (χ2v) is 8.13. The maximum atomic E-state index is 11.7. The number of aromatic nitrogens is 3. The summed E-state index contributed by atoms with van der Waals surface area (Å²) >= 11 is 5.81. The third kappa shape index (κ3) is 4.77. The van der Waals surface area contributed by atoms with Crippen molar-refractivity contribution in [1.82, 2.24) is 15.0 Å². The lowest BCUT2D eigenvalue weighted by molar-refractivity contribution is -0.107. The van der Waals surface area contributed by atoms with Crippen LogP contribution in [-0.2, 0) is 11.3 Å². The van der Waals surface area contributed by atoms with Crippen LogP contribution in [0.1, 0.15) is 18.9 Å². The Balaban J connectivity index is 2.41. The second kappa shape index (κ2) is 8.92. The first kappa shape index (κ1) is 19.3. The monoisotopic (exact) mass is 380 g/mol. The molecule has 1 amide bonds. The molecule has 0 aliphatic carbocycles. The first-order valence-electron chi connectivity index (χ1n) is 7.88. The molecule has 2 heterocycles. The van der Waals surface area contributed by atoms with Crippen molar-refractivity contribution in [3.8, 4) is 0 Å². The van der Waals surface area contributed by atoms with E-state index < -0.39 is 7.92 Å². The van der Waals surface area contributed by atoms with Gasteiger partial charge in [0.25, 0.3) is 0 Å². The molecule has 0 aromatic carbocycles. The van der Waals surface area contributed by atoms with Crippen molar-refractivity contribution >= 4 is 48.8 Å². The number of carbonyl (C=O) groups is 1. The van der Waals surface area contributed by atoms with Crippen molar-refractivity contribution in [1.29, 1.82) is 0 Å². The largest absolute Gasteiger partial charge is 0.382 e. The maximum Gasteiger partial charge on any atom is 0.215 e. The summed E-state index contributed by atoms with van der Waals surface area (Å²) in [4.78, 5) is 26.3. The van der Waals surface area contributed by atoms with Crippen molar-refractivity contribution in [2.45, 2.75) is 19.9 Å². The highest BCUT2D eigenvalue weighted by Gasteiger charge is 2.20. The smallest absolute Gasteiger partial charge is 0.215 e. The molecule has 0 saturated heterocycles. The number of nitrogens with two attached hydrogens (primary N) is 1. The minimum absolute atomic E-state index is 0.313. The van der Waals surface area contributed by atoms with Crippen LogP contribution in [0, 0.1) is 0 Å². The fourth-order valence-electron chi connectivity index (χ4n) is 2.37. The van der Waals surface area contributed by atoms with Gasteiger partial charge in [0.1, 0.15) is 10.8 Å². The molecule has 25 heavy (non-hydrogen) atoms. The Morgan fingerprint density at radius 3 is 2.72 bits per heavy atom. The van der Waals surface area contributed by atoms with Crippen LogP contribution in [0.5, 0.6) is 0 Å². The summed E-state index contributed by atoms with van der Waals surface area (Å²) < 4.78 is 0. The van der Waals surface area contributed by atoms with E-state index in [1.165, 1.54) is 4.90 Å². The van der Waals surface area contributed by atoms with Crippen LogP contribution in [0.4, 0.5) is 17.3 Å². The van der Waals surface area contributed by atoms with Crippen molar-refractivity contribution < 1.29 is 4.79 Å². The standard InChI is InChI=1S/C16H22ClN6OP/c1-4-7-25(3)16-21-14(18)13(19-2)15(22-16)23(10-24)9-11-5-6-12(17)20-8-11/h5-6,8,10,19H,4,7,9H2,1-3H3,(H2,18,21,22)/t25-/m1/s1. The molecule has 1 atom stereocenters. The van der Waals surface area contributed by atoms with E-state index in [1.54, 1.807) is 19.3 Å². The summed E-state index contributed by atoms with van der Waals surface area (Å²) in [5.74, 6) is 0.814. The van der Waals surface area contributed by atoms with E-state index in [0.29, 0.717) is 34.6 Å². The van der Waals surface area contributed by atoms with Gasteiger partial charge in [0.2, 0.25) is 6.41 Å². The number of carbonyl (C=O) groups excluding carboxylic acids is 1. The lowest BCUT2D eigenvalue weighted by atomic mass is 10.2. The van der Waals surface area contributed by atoms with Gasteiger partial charge in [-0.3, -0.25) is 9.69 Å². The minimum atomic E-state index is -0.521. The fourth-order valence-corrected chi connectivity index (χ4v) is 3.89. The number of nitrogen functional groups attached to an aromatic ring is 1. The van der Waals surface area contributed by atoms with Crippen LogP contribution in [0.15, 0.2) is 18.3 Å². The van der Waals surface area contributed by atoms with Crippen LogP contribution in [-0.4, -0.2) is 41.2 Å². The Morgan fingerprint density at radius 1 is 1.40 bits per heavy atom. The average Bonchev–Trinajstić information content (AvgIpc) is 2.60. The van der Waals surface area contributed by atoms with Crippen molar-refractivity contribution in [2.24, 2.45) is 0 Å². The van der Waals surface area contributed by atoms with Crippen LogP contribution in [0.3, 0.4) is 0 Å². The lowest BCUT2D eigenvalue weighted by Crippen LogP contribution is -2.27. The summed E-state index contributed by atoms with van der Waals surface area (Å²) in [6, 6.07) is 3.51. The average molecular weight is 381 g/mol. The molecule has 0 aliphatic heterocycles. The van der Waals surface area contributed by atoms with Gasteiger partial charge in [-0.05, 0) is 32.4 Å². The van der Waals surface area contributed by atoms with E-state index in [2.05, 4.69) is 33.9 Å². The number of hydrogen-bond acceptors (Lipinski definition) is 6. The highest BCUT2D eigenvalue weighted by atomic mass is 35.5. The first-order chi connectivity index (χ1) is 12.0. The van der Waals surface area contributed by atoms with Gasteiger partial charge in [-0.1, -0.05) is 31.0 Å².